The van der Waals surface area contributed by atoms with Crippen molar-refractivity contribution in [1.29, 1.82) is 0 Å². The molecule has 3 amide bonds. The molecule has 0 aliphatic carbocycles. The molecule has 0 saturated carbocycles. The lowest BCUT2D eigenvalue weighted by atomic mass is 10.0. The van der Waals surface area contributed by atoms with Gasteiger partial charge in [-0.1, -0.05) is 42.5 Å². The van der Waals surface area contributed by atoms with Gasteiger partial charge in [0.05, 0.1) is 20.1 Å². The van der Waals surface area contributed by atoms with Crippen molar-refractivity contribution >= 4 is 17.7 Å². The molecule has 0 spiro atoms. The van der Waals surface area contributed by atoms with Crippen LogP contribution in [0, 0.1) is 0 Å². The van der Waals surface area contributed by atoms with Crippen LogP contribution in [0.4, 0.5) is 0 Å². The number of hydrogen-bond donors (Lipinski definition) is 2. The van der Waals surface area contributed by atoms with E-state index in [1.165, 1.54) is 0 Å². The summed E-state index contributed by atoms with van der Waals surface area (Å²) in [4.78, 5) is 40.2. The number of nitrogens with zero attached hydrogens (tertiary/aromatic N) is 1. The summed E-state index contributed by atoms with van der Waals surface area (Å²) in [5.41, 5.74) is 1.74. The van der Waals surface area contributed by atoms with Crippen LogP contribution in [0.2, 0.25) is 0 Å². The zero-order valence-corrected chi connectivity index (χ0v) is 19.6. The number of hydrogen-bond acceptors (Lipinski definition) is 5. The fourth-order valence-corrected chi connectivity index (χ4v) is 3.86. The van der Waals surface area contributed by atoms with E-state index in [0.29, 0.717) is 51.4 Å². The van der Waals surface area contributed by atoms with Gasteiger partial charge in [0.1, 0.15) is 11.8 Å². The van der Waals surface area contributed by atoms with Gasteiger partial charge in [-0.15, -0.1) is 0 Å². The Balaban J connectivity index is 1.73. The van der Waals surface area contributed by atoms with E-state index in [4.69, 9.17) is 9.47 Å². The van der Waals surface area contributed by atoms with Crippen LogP contribution in [-0.4, -0.2) is 68.6 Å². The van der Waals surface area contributed by atoms with Gasteiger partial charge in [0.25, 0.3) is 0 Å². The van der Waals surface area contributed by atoms with E-state index in [0.717, 1.165) is 11.1 Å². The Kier molecular flexibility index (Phi) is 9.91. The minimum atomic E-state index is -0.741. The second-order valence-corrected chi connectivity index (χ2v) is 8.23. The molecule has 1 fully saturated rings. The Labute approximate surface area is 200 Å². The van der Waals surface area contributed by atoms with Crippen molar-refractivity contribution < 1.29 is 23.9 Å². The zero-order chi connectivity index (χ0) is 24.2. The zero-order valence-electron chi connectivity index (χ0n) is 19.6. The lowest BCUT2D eigenvalue weighted by Gasteiger charge is -2.28. The van der Waals surface area contributed by atoms with Crippen LogP contribution >= 0.6 is 0 Å². The Bertz CT molecular complexity index is 950. The molecule has 1 aliphatic rings. The fourth-order valence-electron chi connectivity index (χ4n) is 3.86. The second-order valence-electron chi connectivity index (χ2n) is 8.23. The quantitative estimate of drug-likeness (QED) is 0.646. The monoisotopic (exact) mass is 467 g/mol. The number of carbonyl (C=O) groups is 3. The van der Waals surface area contributed by atoms with E-state index in [2.05, 4.69) is 10.6 Å². The predicted octanol–water partition coefficient (Wildman–Crippen LogP) is 1.72. The van der Waals surface area contributed by atoms with E-state index >= 15 is 0 Å². The Hall–Kier alpha value is -3.39. The van der Waals surface area contributed by atoms with Crippen LogP contribution in [0.15, 0.2) is 54.6 Å². The number of rotatable bonds is 7. The first-order valence-electron chi connectivity index (χ1n) is 11.6. The van der Waals surface area contributed by atoms with Crippen molar-refractivity contribution in [3.63, 3.8) is 0 Å². The van der Waals surface area contributed by atoms with E-state index in [1.54, 1.807) is 18.1 Å². The summed E-state index contributed by atoms with van der Waals surface area (Å²) in [5.74, 6) is 0.104. The summed E-state index contributed by atoms with van der Waals surface area (Å²) in [6.07, 6.45) is 1.37. The fraction of sp³-hybridized carbons (Fsp3) is 0.423. The topological polar surface area (TPSA) is 97.0 Å². The smallest absolute Gasteiger partial charge is 0.245 e. The third-order valence-corrected chi connectivity index (χ3v) is 5.62. The summed E-state index contributed by atoms with van der Waals surface area (Å²) in [6, 6.07) is 16.2. The van der Waals surface area contributed by atoms with E-state index in [1.807, 2.05) is 48.5 Å². The maximum absolute atomic E-state index is 13.6. The van der Waals surface area contributed by atoms with Crippen LogP contribution in [-0.2, 0) is 32.0 Å². The maximum atomic E-state index is 13.6. The Morgan fingerprint density at radius 1 is 1.09 bits per heavy atom. The van der Waals surface area contributed by atoms with E-state index in [9.17, 15) is 14.4 Å². The van der Waals surface area contributed by atoms with Crippen molar-refractivity contribution in [3.8, 4) is 5.75 Å². The number of amides is 3. The molecule has 2 aromatic carbocycles. The van der Waals surface area contributed by atoms with Gasteiger partial charge in [0.15, 0.2) is 0 Å². The van der Waals surface area contributed by atoms with Gasteiger partial charge in [0.2, 0.25) is 17.7 Å². The van der Waals surface area contributed by atoms with Gasteiger partial charge in [-0.25, -0.2) is 0 Å². The van der Waals surface area contributed by atoms with Crippen LogP contribution in [0.3, 0.4) is 0 Å². The van der Waals surface area contributed by atoms with Gasteiger partial charge in [-0.05, 0) is 29.7 Å². The highest BCUT2D eigenvalue weighted by atomic mass is 16.5. The maximum Gasteiger partial charge on any atom is 0.245 e. The predicted molar refractivity (Wildman–Crippen MR) is 128 cm³/mol. The third kappa shape index (κ3) is 8.19. The van der Waals surface area contributed by atoms with Crippen molar-refractivity contribution in [1.82, 2.24) is 15.5 Å². The summed E-state index contributed by atoms with van der Waals surface area (Å²) >= 11 is 0. The molecule has 0 unspecified atom stereocenters. The minimum Gasteiger partial charge on any atom is -0.497 e. The molecule has 182 valence electrons. The number of carbonyl (C=O) groups excluding carboxylic acids is 3. The molecule has 2 aromatic rings. The van der Waals surface area contributed by atoms with E-state index < -0.39 is 6.04 Å². The molecule has 8 nitrogen and oxygen atoms in total. The summed E-state index contributed by atoms with van der Waals surface area (Å²) in [7, 11) is 1.58. The molecule has 8 heteroatoms. The van der Waals surface area contributed by atoms with Crippen molar-refractivity contribution in [3.05, 3.63) is 65.7 Å². The number of benzene rings is 2. The standard InChI is InChI=1S/C26H33N3O5/c1-33-22-10-5-9-21(17-22)19-25(31)28-23(18-20-7-3-2-4-8-20)26(32)29-13-6-15-34-16-12-27-24(30)11-14-29/h2-5,7-10,17,23H,6,11-16,18-19H2,1H3,(H,27,30)(H,28,31)/t23-/m0/s1. The number of ether oxygens (including phenoxy) is 2. The van der Waals surface area contributed by atoms with Gasteiger partial charge in [-0.3, -0.25) is 14.4 Å². The molecule has 0 bridgehead atoms. The molecule has 2 N–H and O–H groups in total. The normalized spacial score (nSPS) is 16.0. The second kappa shape index (κ2) is 13.3. The third-order valence-electron chi connectivity index (χ3n) is 5.62. The Morgan fingerprint density at radius 3 is 2.68 bits per heavy atom. The van der Waals surface area contributed by atoms with Crippen molar-refractivity contribution in [2.24, 2.45) is 0 Å². The first kappa shape index (κ1) is 25.2. The van der Waals surface area contributed by atoms with Crippen molar-refractivity contribution in [2.45, 2.75) is 31.7 Å². The molecule has 0 radical (unpaired) electrons. The molecular formula is C26H33N3O5. The van der Waals surface area contributed by atoms with Crippen molar-refractivity contribution in [2.75, 3.05) is 40.0 Å². The van der Waals surface area contributed by atoms with Gasteiger partial charge in [0, 0.05) is 39.1 Å². The highest BCUT2D eigenvalue weighted by molar-refractivity contribution is 5.89. The summed E-state index contributed by atoms with van der Waals surface area (Å²) < 4.78 is 10.8. The molecule has 1 atom stereocenters. The highest BCUT2D eigenvalue weighted by Gasteiger charge is 2.27. The average Bonchev–Trinajstić information content (AvgIpc) is 2.89. The Morgan fingerprint density at radius 2 is 1.88 bits per heavy atom. The minimum absolute atomic E-state index is 0.120. The van der Waals surface area contributed by atoms with Gasteiger partial charge in [-0.2, -0.15) is 0 Å². The van der Waals surface area contributed by atoms with Gasteiger partial charge >= 0.3 is 0 Å². The average molecular weight is 468 g/mol. The lowest BCUT2D eigenvalue weighted by Crippen LogP contribution is -2.51. The van der Waals surface area contributed by atoms with Crippen LogP contribution in [0.1, 0.15) is 24.0 Å². The highest BCUT2D eigenvalue weighted by Crippen LogP contribution is 2.14. The molecular weight excluding hydrogens is 434 g/mol. The largest absolute Gasteiger partial charge is 0.497 e. The summed E-state index contributed by atoms with van der Waals surface area (Å²) in [6.45, 7) is 2.18. The molecule has 3 rings (SSSR count). The summed E-state index contributed by atoms with van der Waals surface area (Å²) in [5, 5.41) is 5.73. The number of methoxy groups -OCH3 is 1. The van der Waals surface area contributed by atoms with Crippen LogP contribution in [0.5, 0.6) is 5.75 Å². The lowest BCUT2D eigenvalue weighted by molar-refractivity contribution is -0.137. The van der Waals surface area contributed by atoms with Crippen LogP contribution < -0.4 is 15.4 Å². The number of nitrogens with one attached hydrogen (secondary N) is 2. The molecule has 0 aromatic heterocycles. The van der Waals surface area contributed by atoms with E-state index in [-0.39, 0.29) is 30.6 Å². The molecule has 1 saturated heterocycles. The first-order valence-corrected chi connectivity index (χ1v) is 11.6. The SMILES string of the molecule is COc1cccc(CC(=O)N[C@@H](Cc2ccccc2)C(=O)N2CCCOCCNC(=O)CC2)c1. The van der Waals surface area contributed by atoms with Gasteiger partial charge < -0.3 is 25.0 Å². The molecule has 1 aliphatic heterocycles. The molecule has 1 heterocycles. The first-order chi connectivity index (χ1) is 16.5. The van der Waals surface area contributed by atoms with Crippen LogP contribution in [0.25, 0.3) is 0 Å². The molecule has 34 heavy (non-hydrogen) atoms.